The normalized spacial score (nSPS) is 14.8. The third-order valence-electron chi connectivity index (χ3n) is 5.22. The highest BCUT2D eigenvalue weighted by atomic mass is 16.2. The van der Waals surface area contributed by atoms with Crippen LogP contribution in [0.5, 0.6) is 0 Å². The highest BCUT2D eigenvalue weighted by molar-refractivity contribution is 5.95. The molecule has 0 heterocycles. The highest BCUT2D eigenvalue weighted by Crippen LogP contribution is 2.22. The van der Waals surface area contributed by atoms with Crippen molar-refractivity contribution in [3.8, 4) is 0 Å². The first kappa shape index (κ1) is 20.8. The van der Waals surface area contributed by atoms with E-state index in [1.807, 2.05) is 12.1 Å². The maximum absolute atomic E-state index is 12.5. The number of nitrogens with one attached hydrogen (secondary N) is 2. The van der Waals surface area contributed by atoms with Gasteiger partial charge in [0.15, 0.2) is 0 Å². The second-order valence-corrected chi connectivity index (χ2v) is 8.03. The van der Waals surface area contributed by atoms with Crippen molar-refractivity contribution < 1.29 is 9.59 Å². The zero-order valence-corrected chi connectivity index (χ0v) is 17.4. The minimum Gasteiger partial charge on any atom is -0.349 e. The minimum absolute atomic E-state index is 0.0327. The number of hydrogen-bond acceptors (Lipinski definition) is 2. The lowest BCUT2D eigenvalue weighted by Crippen LogP contribution is -2.30. The Morgan fingerprint density at radius 3 is 2.24 bits per heavy atom. The van der Waals surface area contributed by atoms with Gasteiger partial charge in [0.2, 0.25) is 5.91 Å². The molecule has 0 radical (unpaired) electrons. The van der Waals surface area contributed by atoms with Crippen LogP contribution in [0, 0.1) is 5.92 Å². The predicted molar refractivity (Wildman–Crippen MR) is 118 cm³/mol. The molecule has 2 aromatic carbocycles. The maximum Gasteiger partial charge on any atom is 0.251 e. The summed E-state index contributed by atoms with van der Waals surface area (Å²) < 4.78 is 0. The summed E-state index contributed by atoms with van der Waals surface area (Å²) in [7, 11) is 0. The molecular weight excluding hydrogens is 360 g/mol. The van der Waals surface area contributed by atoms with Crippen LogP contribution in [0.1, 0.15) is 66.7 Å². The summed E-state index contributed by atoms with van der Waals surface area (Å²) in [6, 6.07) is 16.0. The van der Waals surface area contributed by atoms with Crippen molar-refractivity contribution in [3.63, 3.8) is 0 Å². The van der Waals surface area contributed by atoms with E-state index in [0.717, 1.165) is 30.4 Å². The van der Waals surface area contributed by atoms with Crippen molar-refractivity contribution in [1.29, 1.82) is 0 Å². The molecule has 0 spiro atoms. The topological polar surface area (TPSA) is 58.2 Å². The van der Waals surface area contributed by atoms with Crippen molar-refractivity contribution in [1.82, 2.24) is 10.6 Å². The molecule has 0 aromatic heterocycles. The lowest BCUT2D eigenvalue weighted by Gasteiger charge is -2.22. The van der Waals surface area contributed by atoms with Crippen LogP contribution in [0.3, 0.4) is 0 Å². The Bertz CT molecular complexity index is 863. The van der Waals surface area contributed by atoms with Crippen LogP contribution in [-0.4, -0.2) is 17.9 Å². The maximum atomic E-state index is 12.5. The lowest BCUT2D eigenvalue weighted by molar-refractivity contribution is -0.117. The number of hydrogen-bond donors (Lipinski definition) is 2. The molecule has 0 bridgehead atoms. The zero-order valence-electron chi connectivity index (χ0n) is 17.4. The first-order chi connectivity index (χ1) is 14.0. The Balaban J connectivity index is 1.60. The van der Waals surface area contributed by atoms with E-state index < -0.39 is 0 Å². The fourth-order valence-electron chi connectivity index (χ4n) is 3.21. The van der Waals surface area contributed by atoms with Gasteiger partial charge in [0.1, 0.15) is 0 Å². The van der Waals surface area contributed by atoms with Crippen LogP contribution in [0.25, 0.3) is 6.08 Å². The van der Waals surface area contributed by atoms with E-state index >= 15 is 0 Å². The SMILES string of the molecule is CCc1ccc(C(NC(=O)/C=C/c2ccc(C(=O)NC3CC3)cc2)C(C)C)cc1. The zero-order chi connectivity index (χ0) is 20.8. The second kappa shape index (κ2) is 9.55. The van der Waals surface area contributed by atoms with E-state index in [1.165, 1.54) is 5.56 Å². The standard InChI is InChI=1S/C25H30N2O2/c1-4-18-5-10-20(11-6-18)24(17(2)3)27-23(28)16-9-19-7-12-21(13-8-19)25(29)26-22-14-15-22/h5-13,16-17,22,24H,4,14-15H2,1-3H3,(H,26,29)(H,27,28)/b16-9+. The summed E-state index contributed by atoms with van der Waals surface area (Å²) in [6.07, 6.45) is 6.47. The fraction of sp³-hybridized carbons (Fsp3) is 0.360. The highest BCUT2D eigenvalue weighted by Gasteiger charge is 2.23. The number of carbonyl (C=O) groups is 2. The average molecular weight is 391 g/mol. The molecule has 2 N–H and O–H groups in total. The number of carbonyl (C=O) groups excluding carboxylic acids is 2. The molecule has 1 unspecified atom stereocenters. The Morgan fingerprint density at radius 2 is 1.69 bits per heavy atom. The summed E-state index contributed by atoms with van der Waals surface area (Å²) in [4.78, 5) is 24.5. The predicted octanol–water partition coefficient (Wildman–Crippen LogP) is 4.67. The fourth-order valence-corrected chi connectivity index (χ4v) is 3.21. The quantitative estimate of drug-likeness (QED) is 0.644. The van der Waals surface area contributed by atoms with Crippen molar-refractivity contribution in [2.75, 3.05) is 0 Å². The molecule has 1 aliphatic carbocycles. The molecule has 4 heteroatoms. The molecule has 1 fully saturated rings. The van der Waals surface area contributed by atoms with Gasteiger partial charge in [-0.15, -0.1) is 0 Å². The summed E-state index contributed by atoms with van der Waals surface area (Å²) in [5.41, 5.74) is 3.94. The van der Waals surface area contributed by atoms with Crippen molar-refractivity contribution in [2.24, 2.45) is 5.92 Å². The number of amides is 2. The van der Waals surface area contributed by atoms with Gasteiger partial charge in [-0.1, -0.05) is 57.2 Å². The second-order valence-electron chi connectivity index (χ2n) is 8.03. The lowest BCUT2D eigenvalue weighted by atomic mass is 9.95. The molecule has 0 saturated heterocycles. The number of benzene rings is 2. The van der Waals surface area contributed by atoms with Gasteiger partial charge in [0.05, 0.1) is 6.04 Å². The van der Waals surface area contributed by atoms with Gasteiger partial charge in [0.25, 0.3) is 5.91 Å². The molecule has 1 atom stereocenters. The molecule has 0 aliphatic heterocycles. The van der Waals surface area contributed by atoms with Crippen LogP contribution < -0.4 is 10.6 Å². The van der Waals surface area contributed by atoms with E-state index in [0.29, 0.717) is 11.6 Å². The largest absolute Gasteiger partial charge is 0.349 e. The van der Waals surface area contributed by atoms with Gasteiger partial charge < -0.3 is 10.6 Å². The third-order valence-corrected chi connectivity index (χ3v) is 5.22. The molecular formula is C25H30N2O2. The first-order valence-electron chi connectivity index (χ1n) is 10.4. The molecule has 1 saturated carbocycles. The molecule has 29 heavy (non-hydrogen) atoms. The summed E-state index contributed by atoms with van der Waals surface area (Å²) in [6.45, 7) is 6.34. The molecule has 2 aromatic rings. The molecule has 152 valence electrons. The van der Waals surface area contributed by atoms with E-state index in [9.17, 15) is 9.59 Å². The van der Waals surface area contributed by atoms with Gasteiger partial charge in [-0.3, -0.25) is 9.59 Å². The Hall–Kier alpha value is -2.88. The Morgan fingerprint density at radius 1 is 1.03 bits per heavy atom. The van der Waals surface area contributed by atoms with Crippen LogP contribution in [0.2, 0.25) is 0 Å². The minimum atomic E-state index is -0.126. The summed E-state index contributed by atoms with van der Waals surface area (Å²) >= 11 is 0. The smallest absolute Gasteiger partial charge is 0.251 e. The number of rotatable bonds is 8. The van der Waals surface area contributed by atoms with Crippen molar-refractivity contribution in [2.45, 2.75) is 52.1 Å². The van der Waals surface area contributed by atoms with Gasteiger partial charge >= 0.3 is 0 Å². The van der Waals surface area contributed by atoms with Gasteiger partial charge in [0, 0.05) is 17.7 Å². The van der Waals surface area contributed by atoms with E-state index in [2.05, 4.69) is 55.7 Å². The van der Waals surface area contributed by atoms with Crippen molar-refractivity contribution >= 4 is 17.9 Å². The molecule has 4 nitrogen and oxygen atoms in total. The van der Waals surface area contributed by atoms with Crippen molar-refractivity contribution in [3.05, 3.63) is 76.9 Å². The molecule has 1 aliphatic rings. The van der Waals surface area contributed by atoms with Crippen LogP contribution in [0.4, 0.5) is 0 Å². The van der Waals surface area contributed by atoms with Gasteiger partial charge in [-0.2, -0.15) is 0 Å². The van der Waals surface area contributed by atoms with E-state index in [1.54, 1.807) is 24.3 Å². The molecule has 2 amide bonds. The van der Waals surface area contributed by atoms with Gasteiger partial charge in [-0.05, 0) is 60.1 Å². The third kappa shape index (κ3) is 6.05. The van der Waals surface area contributed by atoms with Crippen LogP contribution in [0.15, 0.2) is 54.6 Å². The Labute approximate surface area is 173 Å². The van der Waals surface area contributed by atoms with E-state index in [4.69, 9.17) is 0 Å². The molecule has 3 rings (SSSR count). The average Bonchev–Trinajstić information content (AvgIpc) is 3.54. The van der Waals surface area contributed by atoms with Crippen LogP contribution >= 0.6 is 0 Å². The van der Waals surface area contributed by atoms with E-state index in [-0.39, 0.29) is 23.8 Å². The number of aryl methyl sites for hydroxylation is 1. The Kier molecular flexibility index (Phi) is 6.86. The first-order valence-corrected chi connectivity index (χ1v) is 10.4. The monoisotopic (exact) mass is 390 g/mol. The van der Waals surface area contributed by atoms with Crippen LogP contribution in [-0.2, 0) is 11.2 Å². The summed E-state index contributed by atoms with van der Waals surface area (Å²) in [5.74, 6) is 0.123. The summed E-state index contributed by atoms with van der Waals surface area (Å²) in [5, 5.41) is 6.08. The van der Waals surface area contributed by atoms with Gasteiger partial charge in [-0.25, -0.2) is 0 Å².